The minimum Gasteiger partial charge on any atom is -0.382 e. The number of H-pyrrole nitrogens is 1. The van der Waals surface area contributed by atoms with Gasteiger partial charge in [-0.2, -0.15) is 4.31 Å². The summed E-state index contributed by atoms with van der Waals surface area (Å²) >= 11 is 0. The standard InChI is InChI=1S/C20H27N3O5S/c1-2-28-12-6-9-21-20(25)17-14-19(24)22-18-8-7-15(13-16(17)18)29(26,27)23-10-4-3-5-11-23/h7-8,13-14H,2-6,9-12H2,1H3,(H,21,25)(H,22,24). The number of amides is 1. The molecule has 8 nitrogen and oxygen atoms in total. The van der Waals surface area contributed by atoms with Gasteiger partial charge < -0.3 is 15.0 Å². The molecule has 0 saturated carbocycles. The minimum absolute atomic E-state index is 0.129. The topological polar surface area (TPSA) is 109 Å². The van der Waals surface area contributed by atoms with Crippen molar-refractivity contribution < 1.29 is 17.9 Å². The number of fused-ring (bicyclic) bond motifs is 1. The fraction of sp³-hybridized carbons (Fsp3) is 0.500. The Balaban J connectivity index is 1.90. The van der Waals surface area contributed by atoms with E-state index in [1.807, 2.05) is 6.92 Å². The van der Waals surface area contributed by atoms with Gasteiger partial charge in [-0.3, -0.25) is 9.59 Å². The van der Waals surface area contributed by atoms with Crippen LogP contribution in [0.4, 0.5) is 0 Å². The summed E-state index contributed by atoms with van der Waals surface area (Å²) in [5.74, 6) is -0.412. The molecular formula is C20H27N3O5S. The van der Waals surface area contributed by atoms with Crippen LogP contribution in [0.5, 0.6) is 0 Å². The predicted octanol–water partition coefficient (Wildman–Crippen LogP) is 1.86. The Kier molecular flexibility index (Phi) is 7.05. The number of carbonyl (C=O) groups excluding carboxylic acids is 1. The number of benzene rings is 1. The zero-order valence-corrected chi connectivity index (χ0v) is 17.4. The molecule has 0 aliphatic carbocycles. The van der Waals surface area contributed by atoms with E-state index in [1.54, 1.807) is 6.07 Å². The summed E-state index contributed by atoms with van der Waals surface area (Å²) in [6.07, 6.45) is 3.36. The number of aromatic nitrogens is 1. The van der Waals surface area contributed by atoms with Gasteiger partial charge in [0.25, 0.3) is 5.91 Å². The number of nitrogens with one attached hydrogen (secondary N) is 2. The molecule has 2 heterocycles. The van der Waals surface area contributed by atoms with E-state index in [9.17, 15) is 18.0 Å². The first-order valence-electron chi connectivity index (χ1n) is 9.96. The van der Waals surface area contributed by atoms with Gasteiger partial charge in [0.15, 0.2) is 0 Å². The van der Waals surface area contributed by atoms with Crippen LogP contribution in [-0.4, -0.2) is 56.5 Å². The number of hydrogen-bond donors (Lipinski definition) is 2. The number of carbonyl (C=O) groups is 1. The molecule has 0 bridgehead atoms. The van der Waals surface area contributed by atoms with Crippen LogP contribution in [0.3, 0.4) is 0 Å². The quantitative estimate of drug-likeness (QED) is 0.633. The van der Waals surface area contributed by atoms with Crippen LogP contribution in [0, 0.1) is 0 Å². The molecule has 0 spiro atoms. The summed E-state index contributed by atoms with van der Waals surface area (Å²) in [5.41, 5.74) is 0.175. The average Bonchev–Trinajstić information content (AvgIpc) is 2.73. The monoisotopic (exact) mass is 421 g/mol. The zero-order chi connectivity index (χ0) is 20.9. The third-order valence-electron chi connectivity index (χ3n) is 4.97. The number of rotatable bonds is 8. The molecule has 3 rings (SSSR count). The van der Waals surface area contributed by atoms with E-state index in [4.69, 9.17) is 4.74 Å². The number of hydrogen-bond acceptors (Lipinski definition) is 5. The number of aromatic amines is 1. The average molecular weight is 422 g/mol. The number of ether oxygens (including phenoxy) is 1. The van der Waals surface area contributed by atoms with Crippen molar-refractivity contribution in [2.75, 3.05) is 32.8 Å². The Morgan fingerprint density at radius 1 is 1.21 bits per heavy atom. The van der Waals surface area contributed by atoms with Crippen molar-refractivity contribution in [3.8, 4) is 0 Å². The fourth-order valence-corrected chi connectivity index (χ4v) is 5.00. The molecule has 1 aromatic carbocycles. The second kappa shape index (κ2) is 9.51. The van der Waals surface area contributed by atoms with E-state index in [-0.39, 0.29) is 10.5 Å². The third-order valence-corrected chi connectivity index (χ3v) is 6.86. The van der Waals surface area contributed by atoms with E-state index in [1.165, 1.54) is 22.5 Å². The minimum atomic E-state index is -3.64. The normalized spacial score (nSPS) is 15.5. The summed E-state index contributed by atoms with van der Waals surface area (Å²) in [7, 11) is -3.64. The highest BCUT2D eigenvalue weighted by molar-refractivity contribution is 7.89. The highest BCUT2D eigenvalue weighted by Gasteiger charge is 2.26. The van der Waals surface area contributed by atoms with Crippen molar-refractivity contribution in [1.82, 2.24) is 14.6 Å². The molecule has 0 unspecified atom stereocenters. The van der Waals surface area contributed by atoms with E-state index < -0.39 is 21.5 Å². The molecule has 1 aromatic heterocycles. The van der Waals surface area contributed by atoms with Gasteiger partial charge in [0.05, 0.1) is 10.5 Å². The summed E-state index contributed by atoms with van der Waals surface area (Å²) in [5, 5.41) is 3.17. The molecule has 1 aliphatic heterocycles. The Labute approximate surface area is 170 Å². The van der Waals surface area contributed by atoms with Crippen LogP contribution in [0.2, 0.25) is 0 Å². The first-order chi connectivity index (χ1) is 13.9. The maximum Gasteiger partial charge on any atom is 0.252 e. The van der Waals surface area contributed by atoms with Crippen LogP contribution >= 0.6 is 0 Å². The van der Waals surface area contributed by atoms with Gasteiger partial charge in [0, 0.05) is 49.8 Å². The SMILES string of the molecule is CCOCCCNC(=O)c1cc(=O)[nH]c2ccc(S(=O)(=O)N3CCCCC3)cc12. The summed E-state index contributed by atoms with van der Waals surface area (Å²) in [4.78, 5) is 27.4. The van der Waals surface area contributed by atoms with Crippen LogP contribution in [-0.2, 0) is 14.8 Å². The molecular weight excluding hydrogens is 394 g/mol. The Hall–Kier alpha value is -2.23. The molecule has 0 radical (unpaired) electrons. The number of piperidine rings is 1. The fourth-order valence-electron chi connectivity index (χ4n) is 3.45. The van der Waals surface area contributed by atoms with Crippen LogP contribution in [0.1, 0.15) is 43.0 Å². The van der Waals surface area contributed by atoms with Gasteiger partial charge in [-0.05, 0) is 44.4 Å². The van der Waals surface area contributed by atoms with Crippen LogP contribution < -0.4 is 10.9 Å². The molecule has 1 aliphatic rings. The van der Waals surface area contributed by atoms with Crippen molar-refractivity contribution in [3.05, 3.63) is 40.2 Å². The Bertz CT molecular complexity index is 1030. The molecule has 2 aromatic rings. The van der Waals surface area contributed by atoms with Crippen molar-refractivity contribution in [3.63, 3.8) is 0 Å². The Morgan fingerprint density at radius 3 is 2.69 bits per heavy atom. The van der Waals surface area contributed by atoms with Crippen molar-refractivity contribution >= 4 is 26.8 Å². The smallest absolute Gasteiger partial charge is 0.252 e. The van der Waals surface area contributed by atoms with Crippen molar-refractivity contribution in [2.24, 2.45) is 0 Å². The van der Waals surface area contributed by atoms with Gasteiger partial charge in [0.1, 0.15) is 0 Å². The molecule has 1 saturated heterocycles. The first kappa shape index (κ1) is 21.5. The number of nitrogens with zero attached hydrogens (tertiary/aromatic N) is 1. The number of sulfonamides is 1. The maximum absolute atomic E-state index is 13.0. The Morgan fingerprint density at radius 2 is 1.97 bits per heavy atom. The highest BCUT2D eigenvalue weighted by atomic mass is 32.2. The molecule has 0 atom stereocenters. The molecule has 9 heteroatoms. The van der Waals surface area contributed by atoms with Crippen molar-refractivity contribution in [2.45, 2.75) is 37.5 Å². The lowest BCUT2D eigenvalue weighted by molar-refractivity contribution is 0.0945. The van der Waals surface area contributed by atoms with Gasteiger partial charge >= 0.3 is 0 Å². The van der Waals surface area contributed by atoms with Gasteiger partial charge in [-0.1, -0.05) is 6.42 Å². The lowest BCUT2D eigenvalue weighted by Crippen LogP contribution is -2.35. The van der Waals surface area contributed by atoms with E-state index in [0.717, 1.165) is 19.3 Å². The summed E-state index contributed by atoms with van der Waals surface area (Å²) in [6.45, 7) is 4.44. The number of pyridine rings is 1. The highest BCUT2D eigenvalue weighted by Crippen LogP contribution is 2.25. The van der Waals surface area contributed by atoms with Crippen molar-refractivity contribution in [1.29, 1.82) is 0 Å². The molecule has 2 N–H and O–H groups in total. The second-order valence-electron chi connectivity index (χ2n) is 7.03. The summed E-state index contributed by atoms with van der Waals surface area (Å²) in [6, 6.07) is 5.70. The predicted molar refractivity (Wildman–Crippen MR) is 111 cm³/mol. The lowest BCUT2D eigenvalue weighted by atomic mass is 10.1. The van der Waals surface area contributed by atoms with E-state index >= 15 is 0 Å². The van der Waals surface area contributed by atoms with Gasteiger partial charge in [0.2, 0.25) is 15.6 Å². The van der Waals surface area contributed by atoms with E-state index in [0.29, 0.717) is 50.2 Å². The third kappa shape index (κ3) is 5.04. The van der Waals surface area contributed by atoms with Crippen LogP contribution in [0.15, 0.2) is 34.0 Å². The summed E-state index contributed by atoms with van der Waals surface area (Å²) < 4.78 is 32.7. The van der Waals surface area contributed by atoms with Crippen LogP contribution in [0.25, 0.3) is 10.9 Å². The molecule has 29 heavy (non-hydrogen) atoms. The largest absolute Gasteiger partial charge is 0.382 e. The molecule has 1 amide bonds. The molecule has 1 fully saturated rings. The lowest BCUT2D eigenvalue weighted by Gasteiger charge is -2.26. The maximum atomic E-state index is 13.0. The van der Waals surface area contributed by atoms with E-state index in [2.05, 4.69) is 10.3 Å². The second-order valence-corrected chi connectivity index (χ2v) is 8.96. The van der Waals surface area contributed by atoms with Gasteiger partial charge in [-0.25, -0.2) is 8.42 Å². The van der Waals surface area contributed by atoms with Gasteiger partial charge in [-0.15, -0.1) is 0 Å². The zero-order valence-electron chi connectivity index (χ0n) is 16.6. The first-order valence-corrected chi connectivity index (χ1v) is 11.4. The molecule has 158 valence electrons.